The van der Waals surface area contributed by atoms with E-state index in [4.69, 9.17) is 10.00 Å². The van der Waals surface area contributed by atoms with E-state index >= 15 is 0 Å². The van der Waals surface area contributed by atoms with Crippen molar-refractivity contribution < 1.29 is 9.53 Å². The van der Waals surface area contributed by atoms with Gasteiger partial charge in [0.05, 0.1) is 18.0 Å². The molecule has 2 heterocycles. The summed E-state index contributed by atoms with van der Waals surface area (Å²) in [6.07, 6.45) is 2.51. The van der Waals surface area contributed by atoms with Crippen LogP contribution in [0.5, 0.6) is 11.6 Å². The molecule has 0 bridgehead atoms. The lowest BCUT2D eigenvalue weighted by molar-refractivity contribution is 0.112. The third-order valence-corrected chi connectivity index (χ3v) is 5.85. The monoisotopic (exact) mass is 474 g/mol. The Kier molecular flexibility index (Phi) is 5.88. The van der Waals surface area contributed by atoms with Gasteiger partial charge in [-0.3, -0.25) is 4.79 Å². The topological polar surface area (TPSA) is 106 Å². The quantitative estimate of drug-likeness (QED) is 0.307. The lowest BCUT2D eigenvalue weighted by Gasteiger charge is -2.15. The number of aldehydes is 1. The predicted molar refractivity (Wildman–Crippen MR) is 138 cm³/mol. The Balaban J connectivity index is 1.51. The zero-order chi connectivity index (χ0) is 25.2. The largest absolute Gasteiger partial charge is 0.436 e. The van der Waals surface area contributed by atoms with Crippen LogP contribution in [-0.4, -0.2) is 25.8 Å². The maximum Gasteiger partial charge on any atom is 0.250 e. The molecule has 8 heteroatoms. The van der Waals surface area contributed by atoms with Gasteiger partial charge in [0.15, 0.2) is 11.2 Å². The Labute approximate surface area is 207 Å². The van der Waals surface area contributed by atoms with Crippen molar-refractivity contribution in [2.75, 3.05) is 5.32 Å². The van der Waals surface area contributed by atoms with E-state index in [9.17, 15) is 4.79 Å². The molecule has 0 atom stereocenters. The average Bonchev–Trinajstić information content (AvgIpc) is 3.27. The lowest BCUT2D eigenvalue weighted by Crippen LogP contribution is -2.02. The number of fused-ring (bicyclic) bond motifs is 1. The number of nitrogens with zero attached hydrogens (tertiary/aromatic N) is 5. The van der Waals surface area contributed by atoms with Gasteiger partial charge < -0.3 is 14.6 Å². The van der Waals surface area contributed by atoms with Crippen LogP contribution in [0.15, 0.2) is 67.0 Å². The maximum atomic E-state index is 11.0. The van der Waals surface area contributed by atoms with Crippen LogP contribution in [0.4, 0.5) is 11.6 Å². The molecule has 0 aliphatic rings. The molecule has 0 amide bonds. The van der Waals surface area contributed by atoms with Gasteiger partial charge in [-0.15, -0.1) is 0 Å². The summed E-state index contributed by atoms with van der Waals surface area (Å²) < 4.78 is 8.22. The Hall–Kier alpha value is -5.03. The van der Waals surface area contributed by atoms with Crippen molar-refractivity contribution in [2.45, 2.75) is 13.8 Å². The molecule has 0 aliphatic heterocycles. The van der Waals surface area contributed by atoms with E-state index in [1.54, 1.807) is 42.7 Å². The van der Waals surface area contributed by atoms with Crippen LogP contribution in [0.25, 0.3) is 22.3 Å². The van der Waals surface area contributed by atoms with Crippen molar-refractivity contribution in [3.8, 4) is 28.8 Å². The van der Waals surface area contributed by atoms with Gasteiger partial charge in [0.1, 0.15) is 12.0 Å². The van der Waals surface area contributed by atoms with Crippen molar-refractivity contribution in [2.24, 2.45) is 7.05 Å². The number of aromatic nitrogens is 4. The van der Waals surface area contributed by atoms with Crippen LogP contribution in [-0.2, 0) is 7.05 Å². The molecule has 8 nitrogen and oxygen atoms in total. The molecule has 0 saturated carbocycles. The van der Waals surface area contributed by atoms with E-state index in [0.29, 0.717) is 39.9 Å². The molecule has 0 saturated heterocycles. The van der Waals surface area contributed by atoms with Gasteiger partial charge in [-0.25, -0.2) is 4.98 Å². The van der Waals surface area contributed by atoms with Crippen LogP contribution in [0.1, 0.15) is 27.0 Å². The number of hydrogen-bond donors (Lipinski definition) is 1. The van der Waals surface area contributed by atoms with Crippen molar-refractivity contribution in [1.29, 1.82) is 5.26 Å². The van der Waals surface area contributed by atoms with Crippen molar-refractivity contribution in [3.05, 3.63) is 89.2 Å². The Morgan fingerprint density at radius 1 is 0.972 bits per heavy atom. The fourth-order valence-corrected chi connectivity index (χ4v) is 4.03. The zero-order valence-electron chi connectivity index (χ0n) is 20.0. The molecule has 0 fully saturated rings. The zero-order valence-corrected chi connectivity index (χ0v) is 20.0. The fourth-order valence-electron chi connectivity index (χ4n) is 4.03. The predicted octanol–water partition coefficient (Wildman–Crippen LogP) is 5.87. The summed E-state index contributed by atoms with van der Waals surface area (Å²) in [6.45, 7) is 3.98. The summed E-state index contributed by atoms with van der Waals surface area (Å²) in [4.78, 5) is 24.5. The summed E-state index contributed by atoms with van der Waals surface area (Å²) in [7, 11) is 1.87. The first-order valence-corrected chi connectivity index (χ1v) is 11.3. The van der Waals surface area contributed by atoms with Gasteiger partial charge in [-0.1, -0.05) is 24.3 Å². The lowest BCUT2D eigenvalue weighted by atomic mass is 9.99. The number of anilines is 2. The van der Waals surface area contributed by atoms with E-state index in [2.05, 4.69) is 38.5 Å². The SMILES string of the molecule is Cc1cc(-c2ccc(C=O)cc2)cc(C)c1Oc1nc(Nc2ccc(C#N)cc2)nc2ncn(C)c12. The number of nitriles is 1. The highest BCUT2D eigenvalue weighted by atomic mass is 16.5. The third kappa shape index (κ3) is 4.38. The van der Waals surface area contributed by atoms with Gasteiger partial charge in [0.25, 0.3) is 5.88 Å². The van der Waals surface area contributed by atoms with Gasteiger partial charge >= 0.3 is 0 Å². The van der Waals surface area contributed by atoms with Gasteiger partial charge in [-0.05, 0) is 72.5 Å². The summed E-state index contributed by atoms with van der Waals surface area (Å²) in [5.41, 5.74) is 7.07. The van der Waals surface area contributed by atoms with Crippen LogP contribution < -0.4 is 10.1 Å². The first-order chi connectivity index (χ1) is 17.4. The number of ether oxygens (including phenoxy) is 1. The molecule has 1 N–H and O–H groups in total. The summed E-state index contributed by atoms with van der Waals surface area (Å²) in [5, 5.41) is 12.2. The minimum Gasteiger partial charge on any atom is -0.436 e. The van der Waals surface area contributed by atoms with E-state index in [-0.39, 0.29) is 0 Å². The normalized spacial score (nSPS) is 10.7. The molecule has 2 aromatic heterocycles. The fraction of sp³-hybridized carbons (Fsp3) is 0.107. The third-order valence-electron chi connectivity index (χ3n) is 5.85. The first-order valence-electron chi connectivity index (χ1n) is 11.3. The molecular formula is C28H22N6O2. The van der Waals surface area contributed by atoms with E-state index in [0.717, 1.165) is 34.2 Å². The molecule has 0 aliphatic carbocycles. The second-order valence-electron chi connectivity index (χ2n) is 8.48. The molecule has 0 spiro atoms. The van der Waals surface area contributed by atoms with Crippen molar-refractivity contribution >= 4 is 29.1 Å². The second kappa shape index (κ2) is 9.31. The number of benzene rings is 3. The van der Waals surface area contributed by atoms with Crippen LogP contribution in [0, 0.1) is 25.2 Å². The Morgan fingerprint density at radius 2 is 1.67 bits per heavy atom. The van der Waals surface area contributed by atoms with Gasteiger partial charge in [-0.2, -0.15) is 15.2 Å². The molecule has 5 aromatic rings. The number of carbonyl (C=O) groups is 1. The first kappa shape index (κ1) is 22.7. The van der Waals surface area contributed by atoms with Crippen LogP contribution in [0.3, 0.4) is 0 Å². The smallest absolute Gasteiger partial charge is 0.250 e. The van der Waals surface area contributed by atoms with Crippen LogP contribution in [0.2, 0.25) is 0 Å². The van der Waals surface area contributed by atoms with Gasteiger partial charge in [0, 0.05) is 18.3 Å². The Morgan fingerprint density at radius 3 is 2.31 bits per heavy atom. The second-order valence-corrected chi connectivity index (χ2v) is 8.48. The highest BCUT2D eigenvalue weighted by Crippen LogP contribution is 2.35. The number of aryl methyl sites for hydroxylation is 3. The molecule has 0 radical (unpaired) electrons. The molecule has 0 unspecified atom stereocenters. The van der Waals surface area contributed by atoms with Crippen molar-refractivity contribution in [1.82, 2.24) is 19.5 Å². The highest BCUT2D eigenvalue weighted by molar-refractivity contribution is 5.80. The molecule has 176 valence electrons. The average molecular weight is 475 g/mol. The van der Waals surface area contributed by atoms with E-state index < -0.39 is 0 Å². The summed E-state index contributed by atoms with van der Waals surface area (Å²) in [5.74, 6) is 1.42. The maximum absolute atomic E-state index is 11.0. The number of carbonyl (C=O) groups excluding carboxylic acids is 1. The summed E-state index contributed by atoms with van der Waals surface area (Å²) >= 11 is 0. The summed E-state index contributed by atoms with van der Waals surface area (Å²) in [6, 6.07) is 20.7. The number of rotatable bonds is 6. The minimum absolute atomic E-state index is 0.336. The number of nitrogens with one attached hydrogen (secondary N) is 1. The highest BCUT2D eigenvalue weighted by Gasteiger charge is 2.17. The molecular weight excluding hydrogens is 452 g/mol. The number of imidazole rings is 1. The molecule has 5 rings (SSSR count). The van der Waals surface area contributed by atoms with E-state index in [1.807, 2.05) is 37.6 Å². The molecule has 36 heavy (non-hydrogen) atoms. The number of hydrogen-bond acceptors (Lipinski definition) is 7. The van der Waals surface area contributed by atoms with Crippen LogP contribution >= 0.6 is 0 Å². The minimum atomic E-state index is 0.336. The standard InChI is InChI=1S/C28H22N6O2/c1-17-12-22(21-8-4-20(15-35)5-9-21)13-18(2)25(17)36-27-24-26(30-16-34(24)3)32-28(33-27)31-23-10-6-19(14-29)7-11-23/h4-13,15-16H,1-3H3,(H,31,32,33). The van der Waals surface area contributed by atoms with Gasteiger partial charge in [0.2, 0.25) is 5.95 Å². The van der Waals surface area contributed by atoms with E-state index in [1.165, 1.54) is 0 Å². The van der Waals surface area contributed by atoms with Crippen molar-refractivity contribution in [3.63, 3.8) is 0 Å². The Bertz CT molecular complexity index is 1610. The molecule has 3 aromatic carbocycles.